The van der Waals surface area contributed by atoms with E-state index in [4.69, 9.17) is 0 Å². The normalized spacial score (nSPS) is 19.1. The average molecular weight is 261 g/mol. The first kappa shape index (κ1) is 13.3. The monoisotopic (exact) mass is 261 g/mol. The molecule has 1 aromatic rings. The molecule has 1 atom stereocenters. The second kappa shape index (κ2) is 4.84. The molecule has 19 heavy (non-hydrogen) atoms. The molecule has 0 radical (unpaired) electrons. The molecule has 2 amide bonds. The molecule has 0 aliphatic carbocycles. The lowest BCUT2D eigenvalue weighted by atomic mass is 9.88. The fraction of sp³-hybridized carbons (Fsp3) is 0.357. The highest BCUT2D eigenvalue weighted by molar-refractivity contribution is 6.02. The minimum absolute atomic E-state index is 0.210. The Labute approximate surface area is 110 Å². The number of piperidine rings is 1. The summed E-state index contributed by atoms with van der Waals surface area (Å²) >= 11 is 0. The van der Waals surface area contributed by atoms with Crippen LogP contribution >= 0.6 is 0 Å². The van der Waals surface area contributed by atoms with Gasteiger partial charge < -0.3 is 5.11 Å². The third-order valence-electron chi connectivity index (χ3n) is 3.48. The SMILES string of the molecule is CC(C(=O)O)(c1ccccc1)N1C(=O)CCCC1=O. The Kier molecular flexibility index (Phi) is 3.38. The van der Waals surface area contributed by atoms with Gasteiger partial charge in [-0.25, -0.2) is 4.79 Å². The first-order valence-electron chi connectivity index (χ1n) is 6.12. The van der Waals surface area contributed by atoms with Crippen molar-refractivity contribution >= 4 is 17.8 Å². The number of amides is 2. The zero-order chi connectivity index (χ0) is 14.0. The highest BCUT2D eigenvalue weighted by Crippen LogP contribution is 2.32. The molecule has 2 rings (SSSR count). The van der Waals surface area contributed by atoms with Crippen molar-refractivity contribution in [2.24, 2.45) is 0 Å². The fourth-order valence-corrected chi connectivity index (χ4v) is 2.36. The maximum Gasteiger partial charge on any atom is 0.334 e. The van der Waals surface area contributed by atoms with Gasteiger partial charge in [-0.05, 0) is 18.9 Å². The fourth-order valence-electron chi connectivity index (χ4n) is 2.36. The summed E-state index contributed by atoms with van der Waals surface area (Å²) in [5, 5.41) is 9.53. The molecule has 5 heteroatoms. The topological polar surface area (TPSA) is 74.7 Å². The van der Waals surface area contributed by atoms with E-state index in [1.54, 1.807) is 30.3 Å². The number of carbonyl (C=O) groups is 3. The van der Waals surface area contributed by atoms with Gasteiger partial charge in [0.2, 0.25) is 11.8 Å². The van der Waals surface area contributed by atoms with E-state index in [1.165, 1.54) is 6.92 Å². The average Bonchev–Trinajstić information content (AvgIpc) is 2.39. The molecule has 1 aliphatic rings. The third-order valence-corrected chi connectivity index (χ3v) is 3.48. The van der Waals surface area contributed by atoms with Crippen LogP contribution in [0.4, 0.5) is 0 Å². The zero-order valence-electron chi connectivity index (χ0n) is 10.6. The van der Waals surface area contributed by atoms with Crippen molar-refractivity contribution in [3.63, 3.8) is 0 Å². The van der Waals surface area contributed by atoms with Crippen LogP contribution in [0.15, 0.2) is 30.3 Å². The van der Waals surface area contributed by atoms with Crippen molar-refractivity contribution < 1.29 is 19.5 Å². The van der Waals surface area contributed by atoms with Gasteiger partial charge >= 0.3 is 5.97 Å². The van der Waals surface area contributed by atoms with E-state index in [0.717, 1.165) is 4.90 Å². The molecule has 1 aromatic carbocycles. The number of hydrogen-bond acceptors (Lipinski definition) is 3. The number of nitrogens with zero attached hydrogens (tertiary/aromatic N) is 1. The summed E-state index contributed by atoms with van der Waals surface area (Å²) in [6.07, 6.45) is 0.904. The predicted octanol–water partition coefficient (Wildman–Crippen LogP) is 1.53. The Morgan fingerprint density at radius 2 is 1.68 bits per heavy atom. The lowest BCUT2D eigenvalue weighted by Crippen LogP contribution is -2.56. The molecule has 1 unspecified atom stereocenters. The Balaban J connectivity index is 2.53. The van der Waals surface area contributed by atoms with Crippen LogP contribution < -0.4 is 0 Å². The van der Waals surface area contributed by atoms with Gasteiger partial charge in [-0.15, -0.1) is 0 Å². The summed E-state index contributed by atoms with van der Waals surface area (Å²) in [6.45, 7) is 1.39. The molecule has 1 aliphatic heterocycles. The van der Waals surface area contributed by atoms with E-state index in [-0.39, 0.29) is 12.8 Å². The minimum atomic E-state index is -1.64. The lowest BCUT2D eigenvalue weighted by Gasteiger charge is -2.38. The maximum absolute atomic E-state index is 12.0. The molecule has 0 spiro atoms. The highest BCUT2D eigenvalue weighted by Gasteiger charge is 2.48. The molecule has 5 nitrogen and oxygen atoms in total. The Morgan fingerprint density at radius 3 is 2.16 bits per heavy atom. The van der Waals surface area contributed by atoms with Crippen molar-refractivity contribution in [2.75, 3.05) is 0 Å². The molecule has 100 valence electrons. The van der Waals surface area contributed by atoms with Crippen LogP contribution in [-0.2, 0) is 19.9 Å². The molecule has 0 saturated carbocycles. The van der Waals surface area contributed by atoms with Gasteiger partial charge in [-0.3, -0.25) is 14.5 Å². The van der Waals surface area contributed by atoms with Crippen LogP contribution in [-0.4, -0.2) is 27.8 Å². The van der Waals surface area contributed by atoms with Crippen molar-refractivity contribution in [3.05, 3.63) is 35.9 Å². The van der Waals surface area contributed by atoms with Gasteiger partial charge in [0.15, 0.2) is 5.54 Å². The third kappa shape index (κ3) is 2.12. The molecular weight excluding hydrogens is 246 g/mol. The van der Waals surface area contributed by atoms with Crippen molar-refractivity contribution in [3.8, 4) is 0 Å². The van der Waals surface area contributed by atoms with Gasteiger partial charge in [-0.2, -0.15) is 0 Å². The molecule has 1 N–H and O–H groups in total. The largest absolute Gasteiger partial charge is 0.479 e. The maximum atomic E-state index is 12.0. The molecule has 1 fully saturated rings. The standard InChI is InChI=1S/C14H15NO4/c1-14(13(18)19,10-6-3-2-4-7-10)15-11(16)8-5-9-12(15)17/h2-4,6-7H,5,8-9H2,1H3,(H,18,19). The van der Waals surface area contributed by atoms with Crippen LogP contribution in [0.3, 0.4) is 0 Å². The quantitative estimate of drug-likeness (QED) is 0.837. The van der Waals surface area contributed by atoms with Crippen LogP contribution in [0.5, 0.6) is 0 Å². The van der Waals surface area contributed by atoms with Gasteiger partial charge in [-0.1, -0.05) is 30.3 Å². The number of carboxylic acids is 1. The number of likely N-dealkylation sites (tertiary alicyclic amines) is 1. The van der Waals surface area contributed by atoms with E-state index >= 15 is 0 Å². The van der Waals surface area contributed by atoms with Crippen LogP contribution in [0.2, 0.25) is 0 Å². The smallest absolute Gasteiger partial charge is 0.334 e. The Morgan fingerprint density at radius 1 is 1.16 bits per heavy atom. The van der Waals surface area contributed by atoms with Gasteiger partial charge in [0.25, 0.3) is 0 Å². The summed E-state index contributed by atoms with van der Waals surface area (Å²) < 4.78 is 0. The number of imide groups is 1. The summed E-state index contributed by atoms with van der Waals surface area (Å²) in [7, 11) is 0. The van der Waals surface area contributed by atoms with Crippen molar-refractivity contribution in [1.29, 1.82) is 0 Å². The summed E-state index contributed by atoms with van der Waals surface area (Å²) in [4.78, 5) is 36.5. The molecule has 1 saturated heterocycles. The van der Waals surface area contributed by atoms with Crippen LogP contribution in [0.1, 0.15) is 31.7 Å². The summed E-state index contributed by atoms with van der Waals surface area (Å²) in [5.74, 6) is -2.06. The summed E-state index contributed by atoms with van der Waals surface area (Å²) in [5.41, 5.74) is -1.22. The number of carbonyl (C=O) groups excluding carboxylic acids is 2. The summed E-state index contributed by atoms with van der Waals surface area (Å²) in [6, 6.07) is 8.36. The van der Waals surface area contributed by atoms with E-state index < -0.39 is 23.3 Å². The Bertz CT molecular complexity index is 510. The van der Waals surface area contributed by atoms with Crippen molar-refractivity contribution in [1.82, 2.24) is 4.90 Å². The molecular formula is C14H15NO4. The predicted molar refractivity (Wildman–Crippen MR) is 67.1 cm³/mol. The lowest BCUT2D eigenvalue weighted by molar-refractivity contribution is -0.168. The Hall–Kier alpha value is -2.17. The number of carboxylic acid groups (broad SMARTS) is 1. The second-order valence-corrected chi connectivity index (χ2v) is 4.72. The van der Waals surface area contributed by atoms with Gasteiger partial charge in [0, 0.05) is 12.8 Å². The van der Waals surface area contributed by atoms with E-state index in [9.17, 15) is 19.5 Å². The zero-order valence-corrected chi connectivity index (χ0v) is 10.6. The van der Waals surface area contributed by atoms with E-state index in [0.29, 0.717) is 12.0 Å². The van der Waals surface area contributed by atoms with Crippen LogP contribution in [0, 0.1) is 0 Å². The van der Waals surface area contributed by atoms with Crippen LogP contribution in [0.25, 0.3) is 0 Å². The molecule has 0 aromatic heterocycles. The second-order valence-electron chi connectivity index (χ2n) is 4.72. The number of rotatable bonds is 3. The molecule has 0 bridgehead atoms. The molecule has 1 heterocycles. The van der Waals surface area contributed by atoms with Gasteiger partial charge in [0.05, 0.1) is 0 Å². The van der Waals surface area contributed by atoms with Gasteiger partial charge in [0.1, 0.15) is 0 Å². The number of hydrogen-bond donors (Lipinski definition) is 1. The number of aliphatic carboxylic acids is 1. The van der Waals surface area contributed by atoms with E-state index in [1.807, 2.05) is 0 Å². The highest BCUT2D eigenvalue weighted by atomic mass is 16.4. The minimum Gasteiger partial charge on any atom is -0.479 e. The van der Waals surface area contributed by atoms with Crippen molar-refractivity contribution in [2.45, 2.75) is 31.7 Å². The number of benzene rings is 1. The first-order chi connectivity index (χ1) is 8.98. The first-order valence-corrected chi connectivity index (χ1v) is 6.12. The van der Waals surface area contributed by atoms with E-state index in [2.05, 4.69) is 0 Å².